The number of anilines is 1. The van der Waals surface area contributed by atoms with Crippen molar-refractivity contribution in [3.63, 3.8) is 0 Å². The van der Waals surface area contributed by atoms with Gasteiger partial charge in [-0.25, -0.2) is 14.3 Å². The smallest absolute Gasteiger partial charge is 0.406 e. The van der Waals surface area contributed by atoms with Crippen LogP contribution in [0.15, 0.2) is 57.9 Å². The number of pyridine rings is 1. The second-order valence-corrected chi connectivity index (χ2v) is 5.70. The average Bonchev–Trinajstić information content (AvgIpc) is 2.92. The fourth-order valence-corrected chi connectivity index (χ4v) is 3.01. The van der Waals surface area contributed by atoms with Crippen molar-refractivity contribution in [2.45, 2.75) is 6.67 Å². The summed E-state index contributed by atoms with van der Waals surface area (Å²) in [5.74, 6) is -0.343. The van der Waals surface area contributed by atoms with E-state index in [0.29, 0.717) is 17.9 Å². The molecule has 0 radical (unpaired) electrons. The van der Waals surface area contributed by atoms with Crippen LogP contribution in [0.1, 0.15) is 0 Å². The summed E-state index contributed by atoms with van der Waals surface area (Å²) in [6, 6.07) is 14.0. The van der Waals surface area contributed by atoms with Crippen LogP contribution in [0.3, 0.4) is 0 Å². The highest BCUT2D eigenvalue weighted by molar-refractivity contribution is 5.67. The van der Waals surface area contributed by atoms with Crippen LogP contribution < -0.4 is 10.7 Å². The van der Waals surface area contributed by atoms with Crippen molar-refractivity contribution in [3.05, 3.63) is 59.2 Å². The Kier molecular flexibility index (Phi) is 3.59. The highest BCUT2D eigenvalue weighted by atomic mass is 16.4. The Morgan fingerprint density at radius 1 is 1.00 bits per heavy atom. The molecule has 1 fully saturated rings. The molecule has 3 heterocycles. The van der Waals surface area contributed by atoms with E-state index in [1.54, 1.807) is 22.9 Å². The molecule has 1 aliphatic rings. The van der Waals surface area contributed by atoms with Gasteiger partial charge in [-0.2, -0.15) is 0 Å². The summed E-state index contributed by atoms with van der Waals surface area (Å²) in [6.07, 6.45) is 1.68. The molecule has 23 heavy (non-hydrogen) atoms. The molecule has 0 unspecified atom stereocenters. The number of hydrogen-bond donors (Lipinski definition) is 0. The molecule has 6 heteroatoms. The van der Waals surface area contributed by atoms with Crippen molar-refractivity contribution in [1.29, 1.82) is 0 Å². The van der Waals surface area contributed by atoms with Gasteiger partial charge in [-0.05, 0) is 24.3 Å². The third-order valence-corrected chi connectivity index (χ3v) is 4.26. The van der Waals surface area contributed by atoms with Crippen LogP contribution in [-0.4, -0.2) is 40.6 Å². The van der Waals surface area contributed by atoms with E-state index in [2.05, 4.69) is 39.0 Å². The Morgan fingerprint density at radius 2 is 1.78 bits per heavy atom. The molecule has 0 amide bonds. The van der Waals surface area contributed by atoms with Gasteiger partial charge in [0.25, 0.3) is 0 Å². The summed E-state index contributed by atoms with van der Waals surface area (Å²) < 4.78 is 6.84. The minimum absolute atomic E-state index is 0.343. The maximum Gasteiger partial charge on any atom is 0.422 e. The molecule has 0 spiro atoms. The molecule has 1 aromatic carbocycles. The molecule has 0 bridgehead atoms. The Balaban J connectivity index is 1.47. The zero-order valence-electron chi connectivity index (χ0n) is 12.8. The van der Waals surface area contributed by atoms with Gasteiger partial charge >= 0.3 is 5.76 Å². The molecule has 1 saturated heterocycles. The largest absolute Gasteiger partial charge is 0.422 e. The lowest BCUT2D eigenvalue weighted by Gasteiger charge is -2.35. The lowest BCUT2D eigenvalue weighted by Crippen LogP contribution is -2.47. The molecule has 1 aliphatic heterocycles. The molecule has 3 aromatic rings. The minimum Gasteiger partial charge on any atom is -0.406 e. The van der Waals surface area contributed by atoms with Crippen LogP contribution >= 0.6 is 0 Å². The molecule has 0 N–H and O–H groups in total. The number of fused-ring (bicyclic) bond motifs is 1. The van der Waals surface area contributed by atoms with Crippen molar-refractivity contribution in [2.75, 3.05) is 31.1 Å². The van der Waals surface area contributed by atoms with Gasteiger partial charge in [0.05, 0.1) is 6.67 Å². The van der Waals surface area contributed by atoms with Crippen LogP contribution in [0, 0.1) is 0 Å². The van der Waals surface area contributed by atoms with Gasteiger partial charge in [0.2, 0.25) is 0 Å². The lowest BCUT2D eigenvalue weighted by molar-refractivity contribution is 0.201. The second kappa shape index (κ2) is 5.89. The molecule has 0 saturated carbocycles. The zero-order valence-corrected chi connectivity index (χ0v) is 12.8. The summed E-state index contributed by atoms with van der Waals surface area (Å²) in [5.41, 5.74) is 2.41. The zero-order chi connectivity index (χ0) is 15.6. The van der Waals surface area contributed by atoms with Crippen molar-refractivity contribution in [1.82, 2.24) is 14.5 Å². The van der Waals surface area contributed by atoms with Gasteiger partial charge < -0.3 is 9.32 Å². The molecule has 0 atom stereocenters. The third-order valence-electron chi connectivity index (χ3n) is 4.26. The van der Waals surface area contributed by atoms with Crippen LogP contribution in [0.5, 0.6) is 0 Å². The van der Waals surface area contributed by atoms with Gasteiger partial charge in [-0.3, -0.25) is 4.90 Å². The SMILES string of the molecule is O=c1oc2cccnc2n1CN1CCN(c2ccccc2)CC1. The van der Waals surface area contributed by atoms with Crippen LogP contribution in [-0.2, 0) is 6.67 Å². The van der Waals surface area contributed by atoms with Gasteiger partial charge in [0, 0.05) is 38.1 Å². The first-order chi connectivity index (χ1) is 11.3. The first-order valence-corrected chi connectivity index (χ1v) is 7.78. The van der Waals surface area contributed by atoms with E-state index in [0.717, 1.165) is 26.2 Å². The number of nitrogens with zero attached hydrogens (tertiary/aromatic N) is 4. The second-order valence-electron chi connectivity index (χ2n) is 5.70. The number of oxazole rings is 1. The topological polar surface area (TPSA) is 54.5 Å². The predicted octanol–water partition coefficient (Wildman–Crippen LogP) is 1.77. The Labute approximate surface area is 133 Å². The Morgan fingerprint density at radius 3 is 2.57 bits per heavy atom. The first-order valence-electron chi connectivity index (χ1n) is 7.78. The molecular formula is C17H18N4O2. The highest BCUT2D eigenvalue weighted by Crippen LogP contribution is 2.16. The first kappa shape index (κ1) is 14.0. The fourth-order valence-electron chi connectivity index (χ4n) is 3.01. The van der Waals surface area contributed by atoms with Gasteiger partial charge in [-0.1, -0.05) is 18.2 Å². The molecule has 4 rings (SSSR count). The average molecular weight is 310 g/mol. The van der Waals surface area contributed by atoms with E-state index >= 15 is 0 Å². The van der Waals surface area contributed by atoms with E-state index in [4.69, 9.17) is 4.42 Å². The summed E-state index contributed by atoms with van der Waals surface area (Å²) in [4.78, 5) is 20.9. The Bertz CT molecular complexity index is 848. The number of rotatable bonds is 3. The molecule has 118 valence electrons. The van der Waals surface area contributed by atoms with Crippen LogP contribution in [0.25, 0.3) is 11.2 Å². The Hall–Kier alpha value is -2.60. The quantitative estimate of drug-likeness (QED) is 0.738. The van der Waals surface area contributed by atoms with Crippen molar-refractivity contribution < 1.29 is 4.42 Å². The monoisotopic (exact) mass is 310 g/mol. The molecular weight excluding hydrogens is 292 g/mol. The van der Waals surface area contributed by atoms with Gasteiger partial charge in [0.15, 0.2) is 11.2 Å². The summed E-state index contributed by atoms with van der Waals surface area (Å²) >= 11 is 0. The minimum atomic E-state index is -0.343. The van der Waals surface area contributed by atoms with E-state index in [-0.39, 0.29) is 5.76 Å². The normalized spacial score (nSPS) is 16.1. The van der Waals surface area contributed by atoms with Gasteiger partial charge in [-0.15, -0.1) is 0 Å². The van der Waals surface area contributed by atoms with E-state index in [9.17, 15) is 4.79 Å². The number of aromatic nitrogens is 2. The maximum atomic E-state index is 12.0. The highest BCUT2D eigenvalue weighted by Gasteiger charge is 2.19. The molecule has 6 nitrogen and oxygen atoms in total. The number of piperazine rings is 1. The van der Waals surface area contributed by atoms with Crippen molar-refractivity contribution >= 4 is 16.9 Å². The van der Waals surface area contributed by atoms with Crippen LogP contribution in [0.2, 0.25) is 0 Å². The number of para-hydroxylation sites is 1. The number of benzene rings is 1. The summed E-state index contributed by atoms with van der Waals surface area (Å²) in [5, 5.41) is 0. The van der Waals surface area contributed by atoms with Crippen molar-refractivity contribution in [2.24, 2.45) is 0 Å². The fraction of sp³-hybridized carbons (Fsp3) is 0.294. The van der Waals surface area contributed by atoms with E-state index in [1.807, 2.05) is 6.07 Å². The predicted molar refractivity (Wildman–Crippen MR) is 88.5 cm³/mol. The third kappa shape index (κ3) is 2.73. The lowest BCUT2D eigenvalue weighted by atomic mass is 10.2. The van der Waals surface area contributed by atoms with Crippen LogP contribution in [0.4, 0.5) is 5.69 Å². The molecule has 0 aliphatic carbocycles. The summed E-state index contributed by atoms with van der Waals surface area (Å²) in [7, 11) is 0. The van der Waals surface area contributed by atoms with Crippen molar-refractivity contribution in [3.8, 4) is 0 Å². The van der Waals surface area contributed by atoms with Gasteiger partial charge in [0.1, 0.15) is 0 Å². The maximum absolute atomic E-state index is 12.0. The van der Waals surface area contributed by atoms with E-state index in [1.165, 1.54) is 5.69 Å². The molecule has 2 aromatic heterocycles. The number of hydrogen-bond acceptors (Lipinski definition) is 5. The standard InChI is InChI=1S/C17H18N4O2/c22-17-21(16-15(23-17)7-4-8-18-16)13-19-9-11-20(12-10-19)14-5-2-1-3-6-14/h1-8H,9-13H2. The summed E-state index contributed by atoms with van der Waals surface area (Å²) in [6.45, 7) is 4.22. The van der Waals surface area contributed by atoms with E-state index < -0.39 is 0 Å².